The van der Waals surface area contributed by atoms with Crippen molar-refractivity contribution in [2.24, 2.45) is 5.10 Å². The molecule has 2 saturated heterocycles. The average molecular weight is 410 g/mol. The second kappa shape index (κ2) is 8.97. The van der Waals surface area contributed by atoms with Crippen LogP contribution >= 0.6 is 0 Å². The van der Waals surface area contributed by atoms with E-state index in [1.165, 1.54) is 16.4 Å². The van der Waals surface area contributed by atoms with E-state index in [0.717, 1.165) is 63.4 Å². The van der Waals surface area contributed by atoms with Crippen LogP contribution in [-0.4, -0.2) is 61.5 Å². The van der Waals surface area contributed by atoms with E-state index < -0.39 is 14.9 Å². The third-order valence-electron chi connectivity index (χ3n) is 5.26. The number of hydrazone groups is 1. The summed E-state index contributed by atoms with van der Waals surface area (Å²) in [5, 5.41) is 15.6. The third-order valence-corrected chi connectivity index (χ3v) is 7.20. The lowest BCUT2D eigenvalue weighted by Crippen LogP contribution is -2.32. The summed E-state index contributed by atoms with van der Waals surface area (Å²) in [5.74, 6) is 0. The first-order chi connectivity index (χ1) is 13.4. The van der Waals surface area contributed by atoms with Crippen LogP contribution in [0.3, 0.4) is 0 Å². The Morgan fingerprint density at radius 1 is 1.07 bits per heavy atom. The maximum atomic E-state index is 13.2. The Balaban J connectivity index is 1.91. The summed E-state index contributed by atoms with van der Waals surface area (Å²) < 4.78 is 27.9. The van der Waals surface area contributed by atoms with Gasteiger partial charge in [0, 0.05) is 56.9 Å². The van der Waals surface area contributed by atoms with Crippen molar-refractivity contribution in [2.75, 3.05) is 38.7 Å². The molecule has 9 nitrogen and oxygen atoms in total. The summed E-state index contributed by atoms with van der Waals surface area (Å²) in [7, 11) is -1.80. The number of likely N-dealkylation sites (tertiary alicyclic amines) is 1. The second-order valence-electron chi connectivity index (χ2n) is 7.35. The second-order valence-corrected chi connectivity index (χ2v) is 9.26. The number of anilines is 1. The van der Waals surface area contributed by atoms with E-state index >= 15 is 0 Å². The minimum Gasteiger partial charge on any atom is -0.306 e. The van der Waals surface area contributed by atoms with Crippen LogP contribution in [0.2, 0.25) is 0 Å². The molecule has 2 fully saturated rings. The lowest BCUT2D eigenvalue weighted by molar-refractivity contribution is -0.385. The predicted octanol–water partition coefficient (Wildman–Crippen LogP) is 2.65. The maximum Gasteiger partial charge on any atom is 0.270 e. The molecule has 0 aromatic heterocycles. The van der Waals surface area contributed by atoms with Gasteiger partial charge in [-0.2, -0.15) is 9.41 Å². The van der Waals surface area contributed by atoms with Crippen LogP contribution in [0.1, 0.15) is 38.5 Å². The number of nitrogens with zero attached hydrogens (tertiary/aromatic N) is 4. The predicted molar refractivity (Wildman–Crippen MR) is 108 cm³/mol. The van der Waals surface area contributed by atoms with Crippen LogP contribution in [0.15, 0.2) is 28.2 Å². The van der Waals surface area contributed by atoms with Crippen LogP contribution in [-0.2, 0) is 10.0 Å². The van der Waals surface area contributed by atoms with Crippen molar-refractivity contribution in [1.82, 2.24) is 9.21 Å². The van der Waals surface area contributed by atoms with E-state index in [-0.39, 0.29) is 16.3 Å². The first kappa shape index (κ1) is 20.7. The monoisotopic (exact) mass is 409 g/mol. The zero-order valence-corrected chi connectivity index (χ0v) is 16.9. The quantitative estimate of drug-likeness (QED) is 0.592. The number of rotatable bonds is 5. The standard InChI is InChI=1S/C18H27N5O4S/c1-21-12-8-15(9-13-21)19-20-17-7-6-16(23(24)25)14-18(17)28(26,27)22-10-4-2-3-5-11-22/h6-7,14,20H,2-5,8-13H2,1H3. The van der Waals surface area contributed by atoms with Crippen LogP contribution in [0.4, 0.5) is 11.4 Å². The van der Waals surface area contributed by atoms with Gasteiger partial charge in [0.1, 0.15) is 4.90 Å². The molecule has 0 unspecified atom stereocenters. The Hall–Kier alpha value is -2.04. The smallest absolute Gasteiger partial charge is 0.270 e. The van der Waals surface area contributed by atoms with Crippen LogP contribution < -0.4 is 5.43 Å². The summed E-state index contributed by atoms with van der Waals surface area (Å²) in [5.41, 5.74) is 3.87. The van der Waals surface area contributed by atoms with Crippen LogP contribution in [0.5, 0.6) is 0 Å². The van der Waals surface area contributed by atoms with Gasteiger partial charge in [-0.25, -0.2) is 8.42 Å². The number of piperidine rings is 1. The van der Waals surface area contributed by atoms with Gasteiger partial charge in [0.25, 0.3) is 5.69 Å². The Morgan fingerprint density at radius 3 is 2.32 bits per heavy atom. The minimum atomic E-state index is -3.84. The number of sulfonamides is 1. The number of nitro benzene ring substituents is 1. The van der Waals surface area contributed by atoms with E-state index in [4.69, 9.17) is 0 Å². The molecule has 0 amide bonds. The summed E-state index contributed by atoms with van der Waals surface area (Å²) in [6, 6.07) is 3.87. The molecule has 0 bridgehead atoms. The number of benzene rings is 1. The van der Waals surface area contributed by atoms with E-state index in [1.807, 2.05) is 7.05 Å². The fourth-order valence-electron chi connectivity index (χ4n) is 3.48. The lowest BCUT2D eigenvalue weighted by atomic mass is 10.1. The van der Waals surface area contributed by atoms with Crippen LogP contribution in [0.25, 0.3) is 0 Å². The molecule has 1 aromatic carbocycles. The molecule has 2 heterocycles. The molecule has 3 rings (SSSR count). The van der Waals surface area contributed by atoms with Gasteiger partial charge in [0.05, 0.1) is 10.6 Å². The number of hydrogen-bond acceptors (Lipinski definition) is 7. The number of non-ortho nitro benzene ring substituents is 1. The van der Waals surface area contributed by atoms with Crippen molar-refractivity contribution in [1.29, 1.82) is 0 Å². The summed E-state index contributed by atoms with van der Waals surface area (Å²) >= 11 is 0. The molecule has 0 atom stereocenters. The molecule has 0 spiro atoms. The fraction of sp³-hybridized carbons (Fsp3) is 0.611. The summed E-state index contributed by atoms with van der Waals surface area (Å²) in [6.45, 7) is 2.68. The van der Waals surface area contributed by atoms with Gasteiger partial charge in [-0.1, -0.05) is 12.8 Å². The van der Waals surface area contributed by atoms with Gasteiger partial charge < -0.3 is 4.90 Å². The van der Waals surface area contributed by atoms with Gasteiger partial charge in [0.15, 0.2) is 0 Å². The lowest BCUT2D eigenvalue weighted by Gasteiger charge is -2.23. The van der Waals surface area contributed by atoms with Crippen molar-refractivity contribution < 1.29 is 13.3 Å². The molecule has 2 aliphatic heterocycles. The molecule has 0 aliphatic carbocycles. The van der Waals surface area contributed by atoms with Crippen LogP contribution in [0, 0.1) is 10.1 Å². The highest BCUT2D eigenvalue weighted by Crippen LogP contribution is 2.30. The highest BCUT2D eigenvalue weighted by atomic mass is 32.2. The molecule has 28 heavy (non-hydrogen) atoms. The first-order valence-corrected chi connectivity index (χ1v) is 11.1. The molecular weight excluding hydrogens is 382 g/mol. The molecule has 0 saturated carbocycles. The molecule has 1 N–H and O–H groups in total. The SMILES string of the molecule is CN1CCC(=NNc2ccc([N+](=O)[O-])cc2S(=O)(=O)N2CCCCCC2)CC1. The van der Waals surface area contributed by atoms with Gasteiger partial charge in [-0.05, 0) is 26.0 Å². The zero-order valence-electron chi connectivity index (χ0n) is 16.1. The molecule has 10 heteroatoms. The first-order valence-electron chi connectivity index (χ1n) is 9.66. The molecule has 154 valence electrons. The zero-order chi connectivity index (χ0) is 20.1. The molecule has 1 aromatic rings. The Labute approximate surface area is 165 Å². The van der Waals surface area contributed by atoms with Gasteiger partial charge in [-0.3, -0.25) is 15.5 Å². The fourth-order valence-corrected chi connectivity index (χ4v) is 5.16. The number of nitrogens with one attached hydrogen (secondary N) is 1. The van der Waals surface area contributed by atoms with E-state index in [2.05, 4.69) is 15.4 Å². The Kier molecular flexibility index (Phi) is 6.63. The normalized spacial score (nSPS) is 19.8. The van der Waals surface area contributed by atoms with Crippen molar-refractivity contribution >= 4 is 27.1 Å². The van der Waals surface area contributed by atoms with Gasteiger partial charge >= 0.3 is 0 Å². The van der Waals surface area contributed by atoms with Gasteiger partial charge in [-0.15, -0.1) is 0 Å². The molecular formula is C18H27N5O4S. The minimum absolute atomic E-state index is 0.0825. The van der Waals surface area contributed by atoms with Gasteiger partial charge in [0.2, 0.25) is 10.0 Å². The van der Waals surface area contributed by atoms with E-state index in [0.29, 0.717) is 13.1 Å². The highest BCUT2D eigenvalue weighted by molar-refractivity contribution is 7.89. The Morgan fingerprint density at radius 2 is 1.71 bits per heavy atom. The van der Waals surface area contributed by atoms with Crippen molar-refractivity contribution in [3.8, 4) is 0 Å². The third kappa shape index (κ3) is 4.86. The largest absolute Gasteiger partial charge is 0.306 e. The van der Waals surface area contributed by atoms with Crippen molar-refractivity contribution in [2.45, 2.75) is 43.4 Å². The number of hydrogen-bond donors (Lipinski definition) is 1. The summed E-state index contributed by atoms with van der Waals surface area (Å²) in [4.78, 5) is 12.8. The molecule has 0 radical (unpaired) electrons. The highest BCUT2D eigenvalue weighted by Gasteiger charge is 2.29. The average Bonchev–Trinajstić information content (AvgIpc) is 2.97. The summed E-state index contributed by atoms with van der Waals surface area (Å²) in [6.07, 6.45) is 5.21. The maximum absolute atomic E-state index is 13.2. The van der Waals surface area contributed by atoms with E-state index in [9.17, 15) is 18.5 Å². The number of nitro groups is 1. The molecule has 2 aliphatic rings. The van der Waals surface area contributed by atoms with Crippen molar-refractivity contribution in [3.63, 3.8) is 0 Å². The topological polar surface area (TPSA) is 108 Å². The Bertz CT molecular complexity index is 838. The van der Waals surface area contributed by atoms with Crippen molar-refractivity contribution in [3.05, 3.63) is 28.3 Å². The van der Waals surface area contributed by atoms with E-state index in [1.54, 1.807) is 0 Å².